The molecular formula is C21H20N4O2. The Balaban J connectivity index is 1.86. The molecule has 0 saturated heterocycles. The number of aromatic nitrogens is 2. The lowest BCUT2D eigenvalue weighted by Crippen LogP contribution is -2.21. The molecule has 2 aromatic carbocycles. The first-order valence-corrected chi connectivity index (χ1v) is 8.80. The number of nitrogens with zero attached hydrogens (tertiary/aromatic N) is 3. The van der Waals surface area contributed by atoms with Crippen molar-refractivity contribution >= 4 is 34.0 Å². The first-order chi connectivity index (χ1) is 13.2. The first kappa shape index (κ1) is 17.2. The highest BCUT2D eigenvalue weighted by Crippen LogP contribution is 2.32. The molecule has 0 aliphatic rings. The van der Waals surface area contributed by atoms with E-state index < -0.39 is 0 Å². The minimum atomic E-state index is 0.396. The number of carbonyl (C=O) groups is 1. The van der Waals surface area contributed by atoms with Crippen molar-refractivity contribution in [2.75, 3.05) is 32.5 Å². The van der Waals surface area contributed by atoms with Gasteiger partial charge in [0.1, 0.15) is 11.4 Å². The van der Waals surface area contributed by atoms with Crippen LogP contribution < -0.4 is 5.32 Å². The fourth-order valence-electron chi connectivity index (χ4n) is 3.06. The Bertz CT molecular complexity index is 1120. The number of anilines is 1. The van der Waals surface area contributed by atoms with Crippen molar-refractivity contribution < 1.29 is 9.21 Å². The molecule has 0 fully saturated rings. The average molecular weight is 360 g/mol. The van der Waals surface area contributed by atoms with Crippen LogP contribution in [-0.2, 0) is 0 Å². The molecule has 4 rings (SSSR count). The molecule has 0 saturated carbocycles. The molecule has 2 aromatic heterocycles. The number of rotatable bonds is 6. The third-order valence-electron chi connectivity index (χ3n) is 4.41. The molecule has 27 heavy (non-hydrogen) atoms. The van der Waals surface area contributed by atoms with Crippen LogP contribution in [0.2, 0.25) is 0 Å². The first-order valence-electron chi connectivity index (χ1n) is 8.80. The number of nitrogens with one attached hydrogen (secondary N) is 1. The number of hydrogen-bond acceptors (Lipinski definition) is 6. The summed E-state index contributed by atoms with van der Waals surface area (Å²) in [5, 5.41) is 5.08. The molecule has 6 heteroatoms. The standard InChI is InChI=1S/C21H20N4O2/c1-25(2)12-11-22-20-15-8-3-5-9-17(15)23-21(24-20)19-16(13-26)14-7-4-6-10-18(14)27-19/h3-10,13H,11-12H2,1-2H3,(H,22,23,24). The topological polar surface area (TPSA) is 71.3 Å². The molecule has 0 radical (unpaired) electrons. The van der Waals surface area contributed by atoms with Crippen molar-refractivity contribution in [1.82, 2.24) is 14.9 Å². The fourth-order valence-corrected chi connectivity index (χ4v) is 3.06. The summed E-state index contributed by atoms with van der Waals surface area (Å²) in [6, 6.07) is 15.3. The van der Waals surface area contributed by atoms with Gasteiger partial charge < -0.3 is 14.6 Å². The predicted octanol–water partition coefficient (Wildman–Crippen LogP) is 3.83. The molecule has 0 aliphatic carbocycles. The Hall–Kier alpha value is -3.25. The molecule has 2 heterocycles. The molecule has 1 N–H and O–H groups in total. The van der Waals surface area contributed by atoms with Crippen LogP contribution in [0.3, 0.4) is 0 Å². The summed E-state index contributed by atoms with van der Waals surface area (Å²) < 4.78 is 5.93. The molecule has 136 valence electrons. The molecule has 6 nitrogen and oxygen atoms in total. The third-order valence-corrected chi connectivity index (χ3v) is 4.41. The summed E-state index contributed by atoms with van der Waals surface area (Å²) in [6.45, 7) is 1.62. The van der Waals surface area contributed by atoms with Gasteiger partial charge in [-0.3, -0.25) is 4.79 Å². The molecular weight excluding hydrogens is 340 g/mol. The zero-order chi connectivity index (χ0) is 18.8. The maximum Gasteiger partial charge on any atom is 0.199 e. The van der Waals surface area contributed by atoms with Gasteiger partial charge in [-0.1, -0.05) is 30.3 Å². The van der Waals surface area contributed by atoms with Gasteiger partial charge in [-0.05, 0) is 32.3 Å². The van der Waals surface area contributed by atoms with Crippen LogP contribution in [-0.4, -0.2) is 48.3 Å². The summed E-state index contributed by atoms with van der Waals surface area (Å²) in [7, 11) is 4.05. The van der Waals surface area contributed by atoms with Crippen LogP contribution in [0.25, 0.3) is 33.5 Å². The highest BCUT2D eigenvalue weighted by molar-refractivity contribution is 6.02. The molecule has 4 aromatic rings. The van der Waals surface area contributed by atoms with Gasteiger partial charge in [0.2, 0.25) is 0 Å². The van der Waals surface area contributed by atoms with Crippen LogP contribution in [0.4, 0.5) is 5.82 Å². The van der Waals surface area contributed by atoms with E-state index in [0.29, 0.717) is 22.7 Å². The van der Waals surface area contributed by atoms with Crippen molar-refractivity contribution in [2.45, 2.75) is 0 Å². The zero-order valence-electron chi connectivity index (χ0n) is 15.3. The maximum atomic E-state index is 11.7. The zero-order valence-corrected chi connectivity index (χ0v) is 15.3. The van der Waals surface area contributed by atoms with Crippen LogP contribution in [0, 0.1) is 0 Å². The van der Waals surface area contributed by atoms with Crippen LogP contribution in [0.5, 0.6) is 0 Å². The lowest BCUT2D eigenvalue weighted by Gasteiger charge is -2.13. The number of furan rings is 1. The van der Waals surface area contributed by atoms with Gasteiger partial charge in [0.15, 0.2) is 17.9 Å². The van der Waals surface area contributed by atoms with E-state index in [0.717, 1.165) is 41.5 Å². The van der Waals surface area contributed by atoms with Crippen LogP contribution >= 0.6 is 0 Å². The van der Waals surface area contributed by atoms with Gasteiger partial charge >= 0.3 is 0 Å². The van der Waals surface area contributed by atoms with Gasteiger partial charge in [0.25, 0.3) is 0 Å². The number of benzene rings is 2. The van der Waals surface area contributed by atoms with E-state index in [2.05, 4.69) is 20.2 Å². The minimum absolute atomic E-state index is 0.396. The number of hydrogen-bond donors (Lipinski definition) is 1. The predicted molar refractivity (Wildman–Crippen MR) is 107 cm³/mol. The monoisotopic (exact) mass is 360 g/mol. The Morgan fingerprint density at radius 1 is 1.04 bits per heavy atom. The second-order valence-corrected chi connectivity index (χ2v) is 6.60. The summed E-state index contributed by atoms with van der Waals surface area (Å²) >= 11 is 0. The van der Waals surface area contributed by atoms with Gasteiger partial charge in [-0.2, -0.15) is 0 Å². The Kier molecular flexibility index (Phi) is 4.56. The minimum Gasteiger partial charge on any atom is -0.452 e. The highest BCUT2D eigenvalue weighted by Gasteiger charge is 2.19. The van der Waals surface area contributed by atoms with E-state index in [4.69, 9.17) is 4.42 Å². The summed E-state index contributed by atoms with van der Waals surface area (Å²) in [5.74, 6) is 1.53. The largest absolute Gasteiger partial charge is 0.452 e. The number of carbonyl (C=O) groups excluding carboxylic acids is 1. The van der Waals surface area contributed by atoms with E-state index in [1.54, 1.807) is 0 Å². The Labute approximate surface area is 156 Å². The van der Waals surface area contributed by atoms with E-state index in [1.165, 1.54) is 0 Å². The van der Waals surface area contributed by atoms with Crippen molar-refractivity contribution in [3.8, 4) is 11.6 Å². The fraction of sp³-hybridized carbons (Fsp3) is 0.190. The molecule has 0 spiro atoms. The Morgan fingerprint density at radius 2 is 1.78 bits per heavy atom. The maximum absolute atomic E-state index is 11.7. The van der Waals surface area contributed by atoms with Crippen molar-refractivity contribution in [1.29, 1.82) is 0 Å². The summed E-state index contributed by atoms with van der Waals surface area (Å²) in [4.78, 5) is 23.2. The quantitative estimate of drug-likeness (QED) is 0.527. The highest BCUT2D eigenvalue weighted by atomic mass is 16.3. The number of aldehydes is 1. The van der Waals surface area contributed by atoms with Gasteiger partial charge in [0.05, 0.1) is 11.1 Å². The summed E-state index contributed by atoms with van der Waals surface area (Å²) in [5.41, 5.74) is 1.92. The van der Waals surface area contributed by atoms with E-state index in [-0.39, 0.29) is 0 Å². The number of para-hydroxylation sites is 2. The van der Waals surface area contributed by atoms with Crippen molar-refractivity contribution in [3.63, 3.8) is 0 Å². The molecule has 0 unspecified atom stereocenters. The van der Waals surface area contributed by atoms with Gasteiger partial charge in [-0.25, -0.2) is 9.97 Å². The lowest BCUT2D eigenvalue weighted by atomic mass is 10.1. The second-order valence-electron chi connectivity index (χ2n) is 6.60. The van der Waals surface area contributed by atoms with Gasteiger partial charge in [-0.15, -0.1) is 0 Å². The van der Waals surface area contributed by atoms with E-state index >= 15 is 0 Å². The molecule has 0 aliphatic heterocycles. The molecule has 0 atom stereocenters. The molecule has 0 bridgehead atoms. The van der Waals surface area contributed by atoms with E-state index in [1.807, 2.05) is 62.6 Å². The van der Waals surface area contributed by atoms with Crippen molar-refractivity contribution in [2.24, 2.45) is 0 Å². The molecule has 0 amide bonds. The number of likely N-dealkylation sites (N-methyl/N-ethyl adjacent to an activating group) is 1. The normalized spacial score (nSPS) is 11.4. The van der Waals surface area contributed by atoms with Crippen LogP contribution in [0.15, 0.2) is 52.9 Å². The number of fused-ring (bicyclic) bond motifs is 2. The van der Waals surface area contributed by atoms with Crippen molar-refractivity contribution in [3.05, 3.63) is 54.1 Å². The van der Waals surface area contributed by atoms with Gasteiger partial charge in [0, 0.05) is 23.9 Å². The lowest BCUT2D eigenvalue weighted by molar-refractivity contribution is 0.112. The van der Waals surface area contributed by atoms with Crippen LogP contribution in [0.1, 0.15) is 10.4 Å². The van der Waals surface area contributed by atoms with E-state index in [9.17, 15) is 4.79 Å². The smallest absolute Gasteiger partial charge is 0.199 e. The second kappa shape index (κ2) is 7.17. The summed E-state index contributed by atoms with van der Waals surface area (Å²) in [6.07, 6.45) is 0.804. The average Bonchev–Trinajstić information content (AvgIpc) is 3.06. The third kappa shape index (κ3) is 3.27. The Morgan fingerprint density at radius 3 is 2.56 bits per heavy atom. The SMILES string of the molecule is CN(C)CCNc1nc(-c2oc3ccccc3c2C=O)nc2ccccc12.